The van der Waals surface area contributed by atoms with Gasteiger partial charge in [0.1, 0.15) is 22.8 Å². The number of fused-ring (bicyclic) bond motifs is 1. The fourth-order valence-electron chi connectivity index (χ4n) is 5.32. The van der Waals surface area contributed by atoms with Gasteiger partial charge in [-0.05, 0) is 68.6 Å². The van der Waals surface area contributed by atoms with Gasteiger partial charge in [-0.15, -0.1) is 6.58 Å². The van der Waals surface area contributed by atoms with Crippen LogP contribution in [-0.2, 0) is 12.0 Å². The van der Waals surface area contributed by atoms with Crippen LogP contribution in [0.15, 0.2) is 49.2 Å². The van der Waals surface area contributed by atoms with Crippen molar-refractivity contribution in [2.75, 3.05) is 55.3 Å². The minimum Gasteiger partial charge on any atom is -0.384 e. The molecule has 0 bridgehead atoms. The maximum Gasteiger partial charge on any atom is 0.256 e. The third-order valence-corrected chi connectivity index (χ3v) is 7.80. The number of rotatable bonds is 9. The normalized spacial score (nSPS) is 18.8. The molecule has 1 aliphatic heterocycles. The molecule has 0 saturated carbocycles. The first-order valence-corrected chi connectivity index (χ1v) is 13.9. The van der Waals surface area contributed by atoms with Crippen LogP contribution in [0.4, 0.5) is 29.0 Å². The van der Waals surface area contributed by atoms with Gasteiger partial charge in [0.05, 0.1) is 5.69 Å². The Kier molecular flexibility index (Phi) is 7.99. The molecule has 2 aromatic heterocycles. The van der Waals surface area contributed by atoms with Crippen LogP contribution < -0.4 is 20.9 Å². The fraction of sp³-hybridized carbons (Fsp3) is 0.400. The van der Waals surface area contributed by atoms with Gasteiger partial charge in [-0.25, -0.2) is 9.97 Å². The molecule has 1 saturated heterocycles. The predicted molar refractivity (Wildman–Crippen MR) is 159 cm³/mol. The van der Waals surface area contributed by atoms with Crippen molar-refractivity contribution in [1.82, 2.24) is 25.2 Å². The average Bonchev–Trinajstić information content (AvgIpc) is 3.29. The lowest BCUT2D eigenvalue weighted by atomic mass is 9.98. The molecule has 0 spiro atoms. The van der Waals surface area contributed by atoms with Gasteiger partial charge in [-0.3, -0.25) is 4.79 Å². The number of piperazine rings is 1. The van der Waals surface area contributed by atoms with E-state index < -0.39 is 5.60 Å². The summed E-state index contributed by atoms with van der Waals surface area (Å²) in [6.45, 7) is 12.2. The Morgan fingerprint density at radius 1 is 1.15 bits per heavy atom. The van der Waals surface area contributed by atoms with Crippen molar-refractivity contribution in [1.29, 1.82) is 0 Å². The van der Waals surface area contributed by atoms with Crippen molar-refractivity contribution < 1.29 is 9.90 Å². The van der Waals surface area contributed by atoms with Crippen LogP contribution >= 0.6 is 0 Å². The molecule has 3 heterocycles. The predicted octanol–water partition coefficient (Wildman–Crippen LogP) is 3.88. The smallest absolute Gasteiger partial charge is 0.256 e. The third kappa shape index (κ3) is 5.78. The molecule has 2 aliphatic rings. The highest BCUT2D eigenvalue weighted by atomic mass is 16.3. The maximum atomic E-state index is 12.9. The Balaban J connectivity index is 1.40. The number of carbonyl (C=O) groups is 1. The number of carbonyl (C=O) groups excluding carboxylic acids is 1. The summed E-state index contributed by atoms with van der Waals surface area (Å²) < 4.78 is 0. The van der Waals surface area contributed by atoms with Gasteiger partial charge >= 0.3 is 0 Å². The highest BCUT2D eigenvalue weighted by molar-refractivity contribution is 5.99. The SMILES string of the molecule is C=CCNC(=O)c1cnc(Nc2ccc(N3CCN(C)CC3)c(C)c2)nc1Nc1ccc2c(n1)[C@](O)(CC)CC2. The molecular formula is C30H38N8O2. The van der Waals surface area contributed by atoms with Crippen LogP contribution in [0.2, 0.25) is 0 Å². The largest absolute Gasteiger partial charge is 0.384 e. The molecule has 1 atom stereocenters. The van der Waals surface area contributed by atoms with Gasteiger partial charge in [-0.1, -0.05) is 19.1 Å². The molecule has 5 rings (SSSR count). The van der Waals surface area contributed by atoms with Crippen molar-refractivity contribution >= 4 is 34.9 Å². The summed E-state index contributed by atoms with van der Waals surface area (Å²) in [6, 6.07) is 10.1. The van der Waals surface area contributed by atoms with E-state index in [9.17, 15) is 9.90 Å². The van der Waals surface area contributed by atoms with Crippen molar-refractivity contribution in [3.05, 3.63) is 71.6 Å². The lowest BCUT2D eigenvalue weighted by Crippen LogP contribution is -2.44. The Morgan fingerprint density at radius 3 is 2.67 bits per heavy atom. The molecule has 1 amide bonds. The molecule has 0 unspecified atom stereocenters. The minimum absolute atomic E-state index is 0.280. The average molecular weight is 543 g/mol. The summed E-state index contributed by atoms with van der Waals surface area (Å²) in [6.07, 6.45) is 5.14. The molecule has 1 fully saturated rings. The van der Waals surface area contributed by atoms with Crippen molar-refractivity contribution in [3.63, 3.8) is 0 Å². The molecule has 40 heavy (non-hydrogen) atoms. The summed E-state index contributed by atoms with van der Waals surface area (Å²) >= 11 is 0. The van der Waals surface area contributed by atoms with Gasteiger partial charge < -0.3 is 30.9 Å². The number of amides is 1. The van der Waals surface area contributed by atoms with Crippen LogP contribution in [0.3, 0.4) is 0 Å². The minimum atomic E-state index is -0.941. The summed E-state index contributed by atoms with van der Waals surface area (Å²) in [5.74, 6) is 0.839. The number of hydrogen-bond donors (Lipinski definition) is 4. The van der Waals surface area contributed by atoms with Gasteiger partial charge in [-0.2, -0.15) is 4.98 Å². The number of anilines is 5. The number of likely N-dealkylation sites (N-methyl/N-ethyl adjacent to an activating group) is 1. The number of hydrogen-bond acceptors (Lipinski definition) is 9. The molecule has 1 aliphatic carbocycles. The van der Waals surface area contributed by atoms with E-state index in [-0.39, 0.29) is 11.5 Å². The number of nitrogens with one attached hydrogen (secondary N) is 3. The second-order valence-electron chi connectivity index (χ2n) is 10.6. The fourth-order valence-corrected chi connectivity index (χ4v) is 5.32. The van der Waals surface area contributed by atoms with Gasteiger partial charge in [0.25, 0.3) is 5.91 Å². The standard InChI is InChI=1S/C30H38N8O2/c1-5-13-31-28(39)23-19-32-29(33-22-8-9-24(20(3)18-22)38-16-14-37(4)15-17-38)36-27(23)35-25-10-7-21-11-12-30(40,6-2)26(21)34-25/h5,7-10,18-19,40H,1,6,11-17H2,2-4H3,(H,31,39)(H2,32,33,34,35,36)/t30-/m0/s1. The Bertz CT molecular complexity index is 1400. The highest BCUT2D eigenvalue weighted by Crippen LogP contribution is 2.39. The maximum absolute atomic E-state index is 12.9. The molecule has 10 heteroatoms. The molecular weight excluding hydrogens is 504 g/mol. The zero-order chi connectivity index (χ0) is 28.3. The quantitative estimate of drug-likeness (QED) is 0.299. The molecule has 3 aromatic rings. The van der Waals surface area contributed by atoms with Crippen LogP contribution in [0.5, 0.6) is 0 Å². The van der Waals surface area contributed by atoms with E-state index in [2.05, 4.69) is 68.4 Å². The first kappa shape index (κ1) is 27.5. The Hall–Kier alpha value is -4.02. The van der Waals surface area contributed by atoms with Gasteiger partial charge in [0, 0.05) is 50.3 Å². The second kappa shape index (κ2) is 11.6. The second-order valence-corrected chi connectivity index (χ2v) is 10.6. The number of pyridine rings is 1. The molecule has 1 aromatic carbocycles. The molecule has 210 valence electrons. The topological polar surface area (TPSA) is 119 Å². The van der Waals surface area contributed by atoms with Crippen LogP contribution in [0.25, 0.3) is 0 Å². The summed E-state index contributed by atoms with van der Waals surface area (Å²) in [4.78, 5) is 31.5. The van der Waals surface area contributed by atoms with E-state index in [1.54, 1.807) is 6.08 Å². The Labute approximate surface area is 235 Å². The van der Waals surface area contributed by atoms with E-state index >= 15 is 0 Å². The summed E-state index contributed by atoms with van der Waals surface area (Å²) in [5, 5.41) is 20.3. The highest BCUT2D eigenvalue weighted by Gasteiger charge is 2.36. The van der Waals surface area contributed by atoms with Crippen LogP contribution in [0, 0.1) is 6.92 Å². The zero-order valence-corrected chi connectivity index (χ0v) is 23.5. The summed E-state index contributed by atoms with van der Waals surface area (Å²) in [5.41, 5.74) is 4.31. The first-order chi connectivity index (χ1) is 19.3. The van der Waals surface area contributed by atoms with Crippen LogP contribution in [0.1, 0.15) is 46.9 Å². The first-order valence-electron chi connectivity index (χ1n) is 13.9. The summed E-state index contributed by atoms with van der Waals surface area (Å²) in [7, 11) is 2.15. The monoisotopic (exact) mass is 542 g/mol. The van der Waals surface area contributed by atoms with E-state index in [1.807, 2.05) is 25.1 Å². The number of aliphatic hydroxyl groups is 1. The molecule has 10 nitrogen and oxygen atoms in total. The lowest BCUT2D eigenvalue weighted by Gasteiger charge is -2.35. The molecule has 4 N–H and O–H groups in total. The number of aromatic nitrogens is 3. The Morgan fingerprint density at radius 2 is 1.95 bits per heavy atom. The van der Waals surface area contributed by atoms with E-state index in [0.717, 1.165) is 43.9 Å². The number of benzene rings is 1. The van der Waals surface area contributed by atoms with Crippen molar-refractivity contribution in [3.8, 4) is 0 Å². The van der Waals surface area contributed by atoms with E-state index in [4.69, 9.17) is 4.98 Å². The van der Waals surface area contributed by atoms with Crippen molar-refractivity contribution in [2.45, 2.75) is 38.7 Å². The third-order valence-electron chi connectivity index (χ3n) is 7.80. The number of nitrogens with zero attached hydrogens (tertiary/aromatic N) is 5. The van der Waals surface area contributed by atoms with Crippen molar-refractivity contribution in [2.24, 2.45) is 0 Å². The van der Waals surface area contributed by atoms with Crippen LogP contribution in [-0.4, -0.2) is 70.6 Å². The zero-order valence-electron chi connectivity index (χ0n) is 23.5. The number of aryl methyl sites for hydroxylation is 2. The molecule has 0 radical (unpaired) electrons. The van der Waals surface area contributed by atoms with Gasteiger partial charge in [0.2, 0.25) is 5.95 Å². The van der Waals surface area contributed by atoms with E-state index in [1.165, 1.54) is 17.4 Å². The van der Waals surface area contributed by atoms with Gasteiger partial charge in [0.15, 0.2) is 0 Å². The lowest BCUT2D eigenvalue weighted by molar-refractivity contribution is 0.0307. The van der Waals surface area contributed by atoms with E-state index in [0.29, 0.717) is 42.7 Å².